The molecule has 0 saturated carbocycles. The maximum Gasteiger partial charge on any atom is 0.335 e. The minimum Gasteiger partial charge on any atom is -0.478 e. The van der Waals surface area contributed by atoms with Crippen molar-refractivity contribution in [2.45, 2.75) is 45.4 Å². The zero-order valence-electron chi connectivity index (χ0n) is 23.0. The van der Waals surface area contributed by atoms with Gasteiger partial charge in [0.25, 0.3) is 0 Å². The highest BCUT2D eigenvalue weighted by Gasteiger charge is 2.21. The van der Waals surface area contributed by atoms with E-state index >= 15 is 4.39 Å². The van der Waals surface area contributed by atoms with Gasteiger partial charge in [-0.3, -0.25) is 0 Å². The number of halogens is 2. The normalized spacial score (nSPS) is 14.9. The summed E-state index contributed by atoms with van der Waals surface area (Å²) in [7, 11) is 0. The summed E-state index contributed by atoms with van der Waals surface area (Å²) in [4.78, 5) is 20.8. The molecule has 214 valence electrons. The predicted molar refractivity (Wildman–Crippen MR) is 154 cm³/mol. The Balaban J connectivity index is 1.24. The van der Waals surface area contributed by atoms with E-state index in [1.165, 1.54) is 18.2 Å². The number of hydrogen-bond acceptors (Lipinski definition) is 5. The largest absolute Gasteiger partial charge is 0.478 e. The highest BCUT2D eigenvalue weighted by molar-refractivity contribution is 5.92. The number of benzene rings is 3. The van der Waals surface area contributed by atoms with Crippen LogP contribution in [0.2, 0.25) is 0 Å². The fraction of sp³-hybridized carbons (Fsp3) is 0.242. The quantitative estimate of drug-likeness (QED) is 0.212. The summed E-state index contributed by atoms with van der Waals surface area (Å²) in [5.74, 6) is -0.831. The Bertz CT molecular complexity index is 1780. The van der Waals surface area contributed by atoms with Crippen LogP contribution in [0, 0.1) is 18.6 Å². The van der Waals surface area contributed by atoms with Crippen LogP contribution in [-0.2, 0) is 24.3 Å². The van der Waals surface area contributed by atoms with Crippen LogP contribution in [0.4, 0.5) is 8.78 Å². The smallest absolute Gasteiger partial charge is 0.335 e. The van der Waals surface area contributed by atoms with Crippen LogP contribution >= 0.6 is 0 Å². The van der Waals surface area contributed by atoms with Crippen LogP contribution in [0.5, 0.6) is 5.88 Å². The average Bonchev–Trinajstić information content (AvgIpc) is 3.61. The van der Waals surface area contributed by atoms with Gasteiger partial charge in [-0.1, -0.05) is 30.3 Å². The van der Waals surface area contributed by atoms with E-state index in [1.54, 1.807) is 48.5 Å². The topological polar surface area (TPSA) is 86.5 Å². The highest BCUT2D eigenvalue weighted by atomic mass is 19.1. The summed E-state index contributed by atoms with van der Waals surface area (Å²) >= 11 is 0. The first-order valence-electron chi connectivity index (χ1n) is 13.8. The van der Waals surface area contributed by atoms with Gasteiger partial charge in [0, 0.05) is 30.2 Å². The molecule has 2 aromatic heterocycles. The molecular formula is C33H29F2N3O4. The molecule has 0 radical (unpaired) electrons. The molecule has 0 spiro atoms. The van der Waals surface area contributed by atoms with Gasteiger partial charge in [0.1, 0.15) is 24.1 Å². The van der Waals surface area contributed by atoms with Crippen molar-refractivity contribution in [2.24, 2.45) is 0 Å². The fourth-order valence-corrected chi connectivity index (χ4v) is 5.23. The lowest BCUT2D eigenvalue weighted by Gasteiger charge is -2.15. The minimum atomic E-state index is -1.02. The van der Waals surface area contributed by atoms with Crippen molar-refractivity contribution >= 4 is 17.0 Å². The van der Waals surface area contributed by atoms with E-state index in [0.717, 1.165) is 18.4 Å². The zero-order valence-corrected chi connectivity index (χ0v) is 23.0. The van der Waals surface area contributed by atoms with Crippen LogP contribution in [0.15, 0.2) is 72.8 Å². The number of pyridine rings is 1. The van der Waals surface area contributed by atoms with Crippen molar-refractivity contribution in [1.82, 2.24) is 14.5 Å². The van der Waals surface area contributed by atoms with Gasteiger partial charge in [-0.25, -0.2) is 23.5 Å². The average molecular weight is 570 g/mol. The molecule has 7 nitrogen and oxygen atoms in total. The number of nitrogens with zero attached hydrogens (tertiary/aromatic N) is 3. The van der Waals surface area contributed by atoms with Gasteiger partial charge in [0.2, 0.25) is 5.88 Å². The molecule has 9 heteroatoms. The molecule has 3 heterocycles. The van der Waals surface area contributed by atoms with Gasteiger partial charge in [-0.05, 0) is 67.3 Å². The van der Waals surface area contributed by atoms with Crippen LogP contribution in [0.25, 0.3) is 22.3 Å². The molecule has 1 aliphatic heterocycles. The number of carboxylic acid groups (broad SMARTS) is 1. The molecular weight excluding hydrogens is 540 g/mol. The molecule has 1 fully saturated rings. The zero-order chi connectivity index (χ0) is 29.2. The lowest BCUT2D eigenvalue weighted by atomic mass is 10.1. The molecule has 1 aliphatic rings. The van der Waals surface area contributed by atoms with Crippen molar-refractivity contribution in [1.29, 1.82) is 0 Å². The summed E-state index contributed by atoms with van der Waals surface area (Å²) in [6, 6.07) is 19.9. The third-order valence-electron chi connectivity index (χ3n) is 7.49. The third kappa shape index (κ3) is 5.87. The van der Waals surface area contributed by atoms with E-state index in [0.29, 0.717) is 58.3 Å². The monoisotopic (exact) mass is 569 g/mol. The number of aromatic carboxylic acids is 1. The Morgan fingerprint density at radius 2 is 1.86 bits per heavy atom. The number of imidazole rings is 1. The molecule has 0 aliphatic carbocycles. The molecule has 3 aromatic carbocycles. The second kappa shape index (κ2) is 11.7. The Kier molecular flexibility index (Phi) is 7.67. The first kappa shape index (κ1) is 27.5. The Labute approximate surface area is 241 Å². The van der Waals surface area contributed by atoms with E-state index in [-0.39, 0.29) is 30.5 Å². The second-order valence-electron chi connectivity index (χ2n) is 10.5. The van der Waals surface area contributed by atoms with Crippen LogP contribution < -0.4 is 4.74 Å². The first-order chi connectivity index (χ1) is 20.3. The van der Waals surface area contributed by atoms with Gasteiger partial charge in [-0.15, -0.1) is 0 Å². The van der Waals surface area contributed by atoms with E-state index < -0.39 is 11.8 Å². The molecule has 6 rings (SSSR count). The Morgan fingerprint density at radius 3 is 2.62 bits per heavy atom. The molecule has 1 atom stereocenters. The van der Waals surface area contributed by atoms with E-state index in [1.807, 2.05) is 17.6 Å². The van der Waals surface area contributed by atoms with Gasteiger partial charge in [0.15, 0.2) is 0 Å². The molecule has 5 aromatic rings. The lowest BCUT2D eigenvalue weighted by Crippen LogP contribution is -2.17. The molecule has 1 saturated heterocycles. The SMILES string of the molecule is Cc1ccc(COc2cccc(-c3ccc(Cc4nc5ccc(C(=O)O)cc5n4C[C@H]4CCCO4)c(F)c3)n2)c(F)c1. The van der Waals surface area contributed by atoms with Crippen molar-refractivity contribution in [3.8, 4) is 17.1 Å². The number of aryl methyl sites for hydroxylation is 1. The second-order valence-corrected chi connectivity index (χ2v) is 10.5. The molecule has 0 bridgehead atoms. The van der Waals surface area contributed by atoms with Crippen molar-refractivity contribution in [3.63, 3.8) is 0 Å². The number of hydrogen-bond donors (Lipinski definition) is 1. The third-order valence-corrected chi connectivity index (χ3v) is 7.49. The van der Waals surface area contributed by atoms with Crippen LogP contribution in [0.1, 0.15) is 45.7 Å². The summed E-state index contributed by atoms with van der Waals surface area (Å²) < 4.78 is 43.2. The van der Waals surface area contributed by atoms with Gasteiger partial charge in [0.05, 0.1) is 34.9 Å². The van der Waals surface area contributed by atoms with Crippen molar-refractivity contribution in [3.05, 3.63) is 113 Å². The summed E-state index contributed by atoms with van der Waals surface area (Å²) in [6.07, 6.45) is 2.07. The van der Waals surface area contributed by atoms with Gasteiger partial charge < -0.3 is 19.1 Å². The van der Waals surface area contributed by atoms with Gasteiger partial charge in [-0.2, -0.15) is 0 Å². The summed E-state index contributed by atoms with van der Waals surface area (Å²) in [5.41, 5.74) is 4.29. The van der Waals surface area contributed by atoms with E-state index in [2.05, 4.69) is 4.98 Å². The van der Waals surface area contributed by atoms with Crippen molar-refractivity contribution in [2.75, 3.05) is 6.61 Å². The van der Waals surface area contributed by atoms with Crippen molar-refractivity contribution < 1.29 is 28.2 Å². The molecule has 0 unspecified atom stereocenters. The Morgan fingerprint density at radius 1 is 1.02 bits per heavy atom. The standard InChI is InChI=1S/C33H29F2N3O4/c1-20-7-8-24(26(34)14-20)19-42-32-6-2-5-28(37-32)22-10-9-21(27(35)15-22)17-31-36-29-12-11-23(33(39)40)16-30(29)38(31)18-25-4-3-13-41-25/h2,5-12,14-16,25H,3-4,13,17-19H2,1H3,(H,39,40)/t25-/m1/s1. The maximum atomic E-state index is 15.5. The lowest BCUT2D eigenvalue weighted by molar-refractivity contribution is 0.0697. The number of carbonyl (C=O) groups is 1. The number of carboxylic acids is 1. The van der Waals surface area contributed by atoms with E-state index in [9.17, 15) is 14.3 Å². The molecule has 42 heavy (non-hydrogen) atoms. The summed E-state index contributed by atoms with van der Waals surface area (Å²) in [5, 5.41) is 9.51. The van der Waals surface area contributed by atoms with E-state index in [4.69, 9.17) is 14.5 Å². The minimum absolute atomic E-state index is 0.00933. The first-order valence-corrected chi connectivity index (χ1v) is 13.8. The molecule has 1 N–H and O–H groups in total. The van der Waals surface area contributed by atoms with Crippen LogP contribution in [-0.4, -0.2) is 38.3 Å². The number of aromatic nitrogens is 3. The maximum absolute atomic E-state index is 15.5. The van der Waals surface area contributed by atoms with Crippen LogP contribution in [0.3, 0.4) is 0 Å². The molecule has 0 amide bonds. The predicted octanol–water partition coefficient (Wildman–Crippen LogP) is 6.73. The van der Waals surface area contributed by atoms with Gasteiger partial charge >= 0.3 is 5.97 Å². The fourth-order valence-electron chi connectivity index (χ4n) is 5.23. The Hall–Kier alpha value is -4.63. The highest BCUT2D eigenvalue weighted by Crippen LogP contribution is 2.27. The number of rotatable bonds is 9. The number of ether oxygens (including phenoxy) is 2. The summed E-state index contributed by atoms with van der Waals surface area (Å²) in [6.45, 7) is 3.04. The number of fused-ring (bicyclic) bond motifs is 1.